The van der Waals surface area contributed by atoms with Gasteiger partial charge in [0.2, 0.25) is 5.91 Å². The molecule has 3 amide bonds. The first kappa shape index (κ1) is 54.3. The molecule has 0 spiro atoms. The molecule has 0 radical (unpaired) electrons. The maximum absolute atomic E-state index is 13.5. The molecule has 2 fully saturated rings. The zero-order chi connectivity index (χ0) is 53.3. The summed E-state index contributed by atoms with van der Waals surface area (Å²) in [6, 6.07) is 15.2. The Kier molecular flexibility index (Phi) is 15.8. The molecule has 0 aliphatic carbocycles. The first-order chi connectivity index (χ1) is 34.2. The van der Waals surface area contributed by atoms with Crippen molar-refractivity contribution in [3.8, 4) is 0 Å². The highest BCUT2D eigenvalue weighted by Crippen LogP contribution is 2.40. The fourth-order valence-corrected chi connectivity index (χ4v) is 12.0. The lowest BCUT2D eigenvalue weighted by Crippen LogP contribution is -2.43. The van der Waals surface area contributed by atoms with E-state index in [4.69, 9.17) is 21.4 Å². The van der Waals surface area contributed by atoms with Gasteiger partial charge in [0.25, 0.3) is 31.9 Å². The zero-order valence-corrected chi connectivity index (χ0v) is 45.0. The van der Waals surface area contributed by atoms with Gasteiger partial charge in [0.15, 0.2) is 10.1 Å². The Morgan fingerprint density at radius 1 is 0.699 bits per heavy atom. The third-order valence-corrected chi connectivity index (χ3v) is 16.4. The topological polar surface area (TPSA) is 269 Å². The summed E-state index contributed by atoms with van der Waals surface area (Å²) < 4.78 is 55.8. The second-order valence-electron chi connectivity index (χ2n) is 21.4. The number of nitrogen functional groups attached to an aromatic ring is 2. The number of nitrogens with two attached hydrogens (primary N) is 2. The molecule has 0 unspecified atom stereocenters. The number of nitrogens with one attached hydrogen (secondary N) is 3. The van der Waals surface area contributed by atoms with E-state index in [9.17, 15) is 31.2 Å². The predicted octanol–water partition coefficient (Wildman–Crippen LogP) is 6.03. The molecule has 19 nitrogen and oxygen atoms in total. The van der Waals surface area contributed by atoms with Crippen molar-refractivity contribution in [1.82, 2.24) is 39.6 Å². The molecule has 2 saturated heterocycles. The summed E-state index contributed by atoms with van der Waals surface area (Å²) >= 11 is 0. The average Bonchev–Trinajstić information content (AvgIpc) is 3.79. The molecule has 4 aromatic heterocycles. The molecule has 8 heterocycles. The molecule has 8 rings (SSSR count). The van der Waals surface area contributed by atoms with Gasteiger partial charge in [-0.1, -0.05) is 58.9 Å². The second-order valence-corrected chi connectivity index (χ2v) is 24.7. The van der Waals surface area contributed by atoms with Crippen LogP contribution < -0.4 is 36.0 Å². The lowest BCUT2D eigenvalue weighted by atomic mass is 9.87. The van der Waals surface area contributed by atoms with E-state index in [0.29, 0.717) is 61.8 Å². The molecule has 73 heavy (non-hydrogen) atoms. The Bertz CT molecular complexity index is 3070. The Hall–Kier alpha value is -6.45. The highest BCUT2D eigenvalue weighted by molar-refractivity contribution is 7.90. The summed E-state index contributed by atoms with van der Waals surface area (Å²) in [6.45, 7) is 22.7. The van der Waals surface area contributed by atoms with Crippen molar-refractivity contribution in [2.45, 2.75) is 116 Å². The summed E-state index contributed by atoms with van der Waals surface area (Å²) in [5, 5.41) is 2.69. The first-order valence-electron chi connectivity index (χ1n) is 24.8. The Labute approximate surface area is 429 Å². The first-order valence-corrected chi connectivity index (χ1v) is 27.7. The highest BCUT2D eigenvalue weighted by atomic mass is 32.2. The number of anilines is 4. The van der Waals surface area contributed by atoms with Gasteiger partial charge in [0.05, 0.1) is 22.5 Å². The molecule has 0 saturated carbocycles. The average molecular weight is 1040 g/mol. The van der Waals surface area contributed by atoms with E-state index >= 15 is 0 Å². The highest BCUT2D eigenvalue weighted by Gasteiger charge is 2.41. The molecule has 21 heteroatoms. The molecule has 4 aliphatic heterocycles. The predicted molar refractivity (Wildman–Crippen MR) is 284 cm³/mol. The van der Waals surface area contributed by atoms with Gasteiger partial charge in [0.1, 0.15) is 23.3 Å². The summed E-state index contributed by atoms with van der Waals surface area (Å²) in [5.74, 6) is 0.315. The smallest absolute Gasteiger partial charge is 0.281 e. The maximum Gasteiger partial charge on any atom is 0.281 e. The zero-order valence-electron chi connectivity index (χ0n) is 43.3. The van der Waals surface area contributed by atoms with Gasteiger partial charge in [-0.05, 0) is 138 Å². The minimum absolute atomic E-state index is 0.0328. The van der Waals surface area contributed by atoms with Gasteiger partial charge in [0, 0.05) is 49.2 Å². The number of hydrogen-bond donors (Lipinski definition) is 5. The summed E-state index contributed by atoms with van der Waals surface area (Å²) in [4.78, 5) is 63.5. The summed E-state index contributed by atoms with van der Waals surface area (Å²) in [7, 11) is -8.47. The van der Waals surface area contributed by atoms with Crippen LogP contribution in [0.5, 0.6) is 0 Å². The van der Waals surface area contributed by atoms with Gasteiger partial charge in [-0.15, -0.1) is 0 Å². The normalized spacial score (nSPS) is 19.8. The third-order valence-electron chi connectivity index (χ3n) is 14.0. The van der Waals surface area contributed by atoms with E-state index in [0.717, 1.165) is 55.6 Å². The van der Waals surface area contributed by atoms with Crippen LogP contribution in [0.3, 0.4) is 0 Å². The Morgan fingerprint density at radius 2 is 1.16 bits per heavy atom. The van der Waals surface area contributed by atoms with Crippen molar-refractivity contribution in [2.24, 2.45) is 17.3 Å². The number of rotatable bonds is 12. The van der Waals surface area contributed by atoms with Crippen LogP contribution in [0.4, 0.5) is 23.3 Å². The van der Waals surface area contributed by atoms with Gasteiger partial charge < -0.3 is 31.5 Å². The number of aromatic nitrogens is 4. The van der Waals surface area contributed by atoms with Crippen LogP contribution in [0.15, 0.2) is 82.9 Å². The number of pyridine rings is 4. The van der Waals surface area contributed by atoms with Gasteiger partial charge in [-0.25, -0.2) is 29.4 Å². The van der Waals surface area contributed by atoms with Crippen LogP contribution in [0, 0.1) is 17.3 Å². The number of hydrogen-bond acceptors (Lipinski definition) is 16. The van der Waals surface area contributed by atoms with E-state index in [1.165, 1.54) is 36.4 Å². The largest absolute Gasteiger partial charge is 0.384 e. The van der Waals surface area contributed by atoms with Crippen molar-refractivity contribution in [3.05, 3.63) is 95.3 Å². The molecular formula is C52H70N12O7S2. The molecule has 2 atom stereocenters. The standard InChI is InChI=1S/C29H40N6O4S.C23H30N6O3S/c1-7-28(3,4)27(37)34-15-9-10-20(18-34)22-14-13-21(25(31-22)35-17-19(2)16-29(35,5)6)26(36)33-40(38,39)24-12-8-11-23(30)32-24;1-15-12-23(2,3)29(14-15)21-17(9-10-18(26-21)16-6-5-11-25-13-16)22(30)28-33(31,32)20-8-4-7-19(24)27-20/h8,10-14,19H,7,9,15-18H2,1-6H3,(H2,30,32)(H,33,36);4,6-10,15,25H,5,11-14H2,1-3H3,(H2,24,27)(H,28,30)/t19-;15-/m00/s1. The quantitative estimate of drug-likeness (QED) is 0.108. The van der Waals surface area contributed by atoms with E-state index < -0.39 is 37.3 Å². The van der Waals surface area contributed by atoms with Crippen molar-refractivity contribution in [2.75, 3.05) is 60.5 Å². The van der Waals surface area contributed by atoms with E-state index in [-0.39, 0.29) is 49.8 Å². The minimum Gasteiger partial charge on any atom is -0.384 e. The van der Waals surface area contributed by atoms with Gasteiger partial charge >= 0.3 is 0 Å². The third kappa shape index (κ3) is 12.3. The monoisotopic (exact) mass is 1040 g/mol. The van der Waals surface area contributed by atoms with Crippen molar-refractivity contribution in [3.63, 3.8) is 0 Å². The van der Waals surface area contributed by atoms with Crippen LogP contribution in [0.25, 0.3) is 11.1 Å². The number of nitrogens with zero attached hydrogens (tertiary/aromatic N) is 7. The maximum atomic E-state index is 13.5. The number of carbonyl (C=O) groups is 3. The van der Waals surface area contributed by atoms with Crippen LogP contribution in [-0.2, 0) is 24.8 Å². The van der Waals surface area contributed by atoms with Crippen molar-refractivity contribution in [1.29, 1.82) is 0 Å². The molecule has 4 aromatic rings. The van der Waals surface area contributed by atoms with Crippen LogP contribution in [0.2, 0.25) is 0 Å². The number of carbonyl (C=O) groups excluding carboxylic acids is 3. The molecule has 0 bridgehead atoms. The van der Waals surface area contributed by atoms with Crippen LogP contribution >= 0.6 is 0 Å². The molecule has 4 aliphatic rings. The van der Waals surface area contributed by atoms with Crippen LogP contribution in [-0.4, -0.2) is 110 Å². The Balaban J connectivity index is 0.000000218. The van der Waals surface area contributed by atoms with E-state index in [1.54, 1.807) is 24.3 Å². The van der Waals surface area contributed by atoms with Gasteiger partial charge in [-0.3, -0.25) is 14.4 Å². The number of amides is 3. The Morgan fingerprint density at radius 3 is 1.58 bits per heavy atom. The van der Waals surface area contributed by atoms with Crippen molar-refractivity contribution < 1.29 is 31.2 Å². The summed E-state index contributed by atoms with van der Waals surface area (Å²) in [5.41, 5.74) is 14.1. The molecule has 392 valence electrons. The molecule has 7 N–H and O–H groups in total. The lowest BCUT2D eigenvalue weighted by molar-refractivity contribution is -0.140. The van der Waals surface area contributed by atoms with Crippen LogP contribution in [0.1, 0.15) is 127 Å². The van der Waals surface area contributed by atoms with Gasteiger partial charge in [-0.2, -0.15) is 16.8 Å². The fraction of sp³-hybridized carbons (Fsp3) is 0.481. The van der Waals surface area contributed by atoms with E-state index in [2.05, 4.69) is 88.2 Å². The second kappa shape index (κ2) is 21.2. The number of sulfonamides is 2. The molecule has 0 aromatic carbocycles. The fourth-order valence-electron chi connectivity index (χ4n) is 10.1. The summed E-state index contributed by atoms with van der Waals surface area (Å²) in [6.07, 6.45) is 8.42. The molecular weight excluding hydrogens is 969 g/mol. The SMILES string of the molecule is CCC(C)(C)C(=O)N1CCC=C(c2ccc(C(=O)NS(=O)(=O)c3cccc(N)n3)c(N3C[C@@H](C)CC3(C)C)n2)C1.C[C@@H]1CN(c2nc(C3=CCCNC3)ccc2C(=O)NS(=O)(=O)c2cccc(N)n2)C(C)(C)C1. The lowest BCUT2D eigenvalue weighted by Gasteiger charge is -2.35. The van der Waals surface area contributed by atoms with Crippen molar-refractivity contribution >= 4 is 72.2 Å². The minimum atomic E-state index is -4.27. The van der Waals surface area contributed by atoms with E-state index in [1.807, 2.05) is 25.7 Å².